The number of aryl methyl sites for hydroxylation is 2. The minimum absolute atomic E-state index is 0.0331. The van der Waals surface area contributed by atoms with Crippen LogP contribution >= 0.6 is 0 Å². The number of carbonyl (C=O) groups excluding carboxylic acids is 3. The quantitative estimate of drug-likeness (QED) is 0.255. The van der Waals surface area contributed by atoms with E-state index in [9.17, 15) is 27.6 Å². The molecule has 0 radical (unpaired) electrons. The summed E-state index contributed by atoms with van der Waals surface area (Å²) in [6.07, 6.45) is -1.15. The molecule has 0 aromatic carbocycles. The van der Waals surface area contributed by atoms with Crippen molar-refractivity contribution in [1.82, 2.24) is 34.6 Å². The molecule has 0 aliphatic heterocycles. The summed E-state index contributed by atoms with van der Waals surface area (Å²) in [6.45, 7) is 2.47. The van der Waals surface area contributed by atoms with Crippen molar-refractivity contribution in [2.24, 2.45) is 0 Å². The van der Waals surface area contributed by atoms with Crippen molar-refractivity contribution in [3.63, 3.8) is 0 Å². The first-order valence-corrected chi connectivity index (χ1v) is 12.1. The van der Waals surface area contributed by atoms with Crippen LogP contribution in [0.5, 0.6) is 0 Å². The summed E-state index contributed by atoms with van der Waals surface area (Å²) < 4.78 is 46.4. The highest BCUT2D eigenvalue weighted by molar-refractivity contribution is 6.02. The molecule has 0 bridgehead atoms. The number of rotatable bonds is 11. The molecule has 1 unspecified atom stereocenters. The lowest BCUT2D eigenvalue weighted by molar-refractivity contribution is -0.138. The number of carbonyl (C=O) groups is 3. The van der Waals surface area contributed by atoms with Gasteiger partial charge in [0.2, 0.25) is 12.3 Å². The van der Waals surface area contributed by atoms with E-state index < -0.39 is 23.7 Å². The van der Waals surface area contributed by atoms with Crippen molar-refractivity contribution in [2.75, 3.05) is 24.2 Å². The molecular formula is C25H24F3N9O4. The van der Waals surface area contributed by atoms with Gasteiger partial charge in [-0.15, -0.1) is 0 Å². The predicted molar refractivity (Wildman–Crippen MR) is 138 cm³/mol. The minimum Gasteiger partial charge on any atom is -0.371 e. The van der Waals surface area contributed by atoms with Crippen LogP contribution in [0.25, 0.3) is 11.3 Å². The summed E-state index contributed by atoms with van der Waals surface area (Å²) in [5, 5.41) is 9.35. The van der Waals surface area contributed by atoms with Crippen LogP contribution in [0.4, 0.5) is 24.8 Å². The first-order valence-electron chi connectivity index (χ1n) is 12.1. The molecule has 4 aromatic heterocycles. The second-order valence-electron chi connectivity index (χ2n) is 8.72. The number of aromatic nitrogens is 6. The number of alkyl halides is 3. The van der Waals surface area contributed by atoms with E-state index in [1.165, 1.54) is 37.1 Å². The molecular weight excluding hydrogens is 547 g/mol. The average Bonchev–Trinajstić information content (AvgIpc) is 3.57. The number of pyridine rings is 2. The van der Waals surface area contributed by atoms with Gasteiger partial charge in [0.15, 0.2) is 17.3 Å². The van der Waals surface area contributed by atoms with Crippen LogP contribution in [0.1, 0.15) is 39.5 Å². The van der Waals surface area contributed by atoms with Crippen LogP contribution < -0.4 is 10.6 Å². The Morgan fingerprint density at radius 1 is 1.20 bits per heavy atom. The lowest BCUT2D eigenvalue weighted by atomic mass is 10.1. The van der Waals surface area contributed by atoms with Gasteiger partial charge >= 0.3 is 6.18 Å². The maximum Gasteiger partial charge on any atom is 0.418 e. The molecule has 0 saturated heterocycles. The molecule has 0 aliphatic rings. The highest BCUT2D eigenvalue weighted by Gasteiger charge is 2.33. The van der Waals surface area contributed by atoms with Crippen LogP contribution in [0.3, 0.4) is 0 Å². The van der Waals surface area contributed by atoms with Gasteiger partial charge in [-0.25, -0.2) is 9.97 Å². The number of halogens is 3. The monoisotopic (exact) mass is 571 g/mol. The summed E-state index contributed by atoms with van der Waals surface area (Å²) in [4.78, 5) is 54.3. The van der Waals surface area contributed by atoms with Crippen molar-refractivity contribution < 1.29 is 32.1 Å². The zero-order valence-corrected chi connectivity index (χ0v) is 22.0. The Hall–Kier alpha value is -5.15. The minimum atomic E-state index is -4.57. The number of nitrogens with one attached hydrogen (secondary N) is 2. The van der Waals surface area contributed by atoms with Crippen molar-refractivity contribution in [3.8, 4) is 11.3 Å². The molecule has 0 spiro atoms. The number of nitrogens with zero attached hydrogens (tertiary/aromatic N) is 7. The number of amides is 2. The molecule has 214 valence electrons. The normalized spacial score (nSPS) is 12.0. The van der Waals surface area contributed by atoms with E-state index in [-0.39, 0.29) is 53.3 Å². The molecule has 4 heterocycles. The van der Waals surface area contributed by atoms with E-state index in [1.54, 1.807) is 19.1 Å². The molecule has 2 amide bonds. The molecule has 4 rings (SSSR count). The van der Waals surface area contributed by atoms with E-state index >= 15 is 0 Å². The van der Waals surface area contributed by atoms with Gasteiger partial charge in [0.05, 0.1) is 17.6 Å². The summed E-state index contributed by atoms with van der Waals surface area (Å²) in [5.74, 6) is -0.0549. The standard InChI is InChI=1S/C25H24F3N9O4/c1-14-18(25(26,27)28)7-16(8-30-14)19-5-4-6-20(34-19)31-9-17(11-38)37-12-32-23(29-3)22(37)24(40)36(13-39)10-21-33-15(2)35-41-21/h4-8,11-13,17,29H,9-10H2,1-3H3,(H,31,34). The number of aldehydes is 1. The fraction of sp³-hybridized carbons (Fsp3) is 0.280. The van der Waals surface area contributed by atoms with Gasteiger partial charge in [0.1, 0.15) is 24.7 Å². The molecule has 16 heteroatoms. The van der Waals surface area contributed by atoms with Gasteiger partial charge in [-0.3, -0.25) is 19.5 Å². The number of imidazole rings is 1. The van der Waals surface area contributed by atoms with Crippen molar-refractivity contribution in [3.05, 3.63) is 65.5 Å². The number of imide groups is 1. The second kappa shape index (κ2) is 11.9. The Kier molecular flexibility index (Phi) is 8.40. The van der Waals surface area contributed by atoms with Crippen molar-refractivity contribution in [2.45, 2.75) is 32.6 Å². The molecule has 13 nitrogen and oxygen atoms in total. The molecule has 1 atom stereocenters. The number of hydrogen-bond donors (Lipinski definition) is 2. The third-order valence-corrected chi connectivity index (χ3v) is 5.94. The number of anilines is 2. The molecule has 0 fully saturated rings. The third-order valence-electron chi connectivity index (χ3n) is 5.94. The van der Waals surface area contributed by atoms with E-state index in [0.717, 1.165) is 11.0 Å². The highest BCUT2D eigenvalue weighted by atomic mass is 19.4. The highest BCUT2D eigenvalue weighted by Crippen LogP contribution is 2.33. The van der Waals surface area contributed by atoms with Crippen LogP contribution in [0, 0.1) is 13.8 Å². The average molecular weight is 572 g/mol. The van der Waals surface area contributed by atoms with Gasteiger partial charge in [0.25, 0.3) is 5.91 Å². The summed E-state index contributed by atoms with van der Waals surface area (Å²) in [7, 11) is 1.52. The Morgan fingerprint density at radius 3 is 2.61 bits per heavy atom. The Labute approximate surface area is 230 Å². The molecule has 0 aliphatic carbocycles. The SMILES string of the molecule is CNc1ncn(C(C=O)CNc2cccc(-c3cnc(C)c(C(F)(F)F)c3)n2)c1C(=O)N(C=O)Cc1nc(C)no1. The lowest BCUT2D eigenvalue weighted by Gasteiger charge is -2.19. The van der Waals surface area contributed by atoms with E-state index in [0.29, 0.717) is 18.5 Å². The summed E-state index contributed by atoms with van der Waals surface area (Å²) in [5.41, 5.74) is -0.722. The first-order chi connectivity index (χ1) is 19.5. The molecule has 4 aromatic rings. The van der Waals surface area contributed by atoms with Gasteiger partial charge in [0, 0.05) is 31.0 Å². The zero-order valence-electron chi connectivity index (χ0n) is 22.0. The Balaban J connectivity index is 1.56. The molecule has 0 saturated carbocycles. The largest absolute Gasteiger partial charge is 0.418 e. The fourth-order valence-electron chi connectivity index (χ4n) is 3.93. The maximum absolute atomic E-state index is 13.4. The van der Waals surface area contributed by atoms with Gasteiger partial charge in [-0.1, -0.05) is 11.2 Å². The van der Waals surface area contributed by atoms with Crippen molar-refractivity contribution in [1.29, 1.82) is 0 Å². The molecule has 41 heavy (non-hydrogen) atoms. The van der Waals surface area contributed by atoms with Gasteiger partial charge in [-0.2, -0.15) is 18.2 Å². The zero-order chi connectivity index (χ0) is 29.7. The van der Waals surface area contributed by atoms with Gasteiger partial charge in [-0.05, 0) is 32.0 Å². The topological polar surface area (TPSA) is 161 Å². The third kappa shape index (κ3) is 6.37. The summed E-state index contributed by atoms with van der Waals surface area (Å²) >= 11 is 0. The predicted octanol–water partition coefficient (Wildman–Crippen LogP) is 3.05. The van der Waals surface area contributed by atoms with Crippen LogP contribution in [-0.2, 0) is 22.3 Å². The van der Waals surface area contributed by atoms with Crippen LogP contribution in [0.2, 0.25) is 0 Å². The second-order valence-corrected chi connectivity index (χ2v) is 8.72. The van der Waals surface area contributed by atoms with Crippen LogP contribution in [-0.4, -0.2) is 66.8 Å². The van der Waals surface area contributed by atoms with Gasteiger partial charge < -0.3 is 24.5 Å². The van der Waals surface area contributed by atoms with E-state index in [1.807, 2.05) is 0 Å². The first kappa shape index (κ1) is 28.8. The number of hydrogen-bond acceptors (Lipinski definition) is 11. The van der Waals surface area contributed by atoms with Crippen LogP contribution in [0.15, 0.2) is 41.3 Å². The van der Waals surface area contributed by atoms with E-state index in [2.05, 4.69) is 35.7 Å². The van der Waals surface area contributed by atoms with E-state index in [4.69, 9.17) is 4.52 Å². The smallest absolute Gasteiger partial charge is 0.371 e. The Morgan fingerprint density at radius 2 is 1.98 bits per heavy atom. The summed E-state index contributed by atoms with van der Waals surface area (Å²) in [6, 6.07) is 4.66. The Bertz CT molecular complexity index is 1570. The maximum atomic E-state index is 13.4. The fourth-order valence-corrected chi connectivity index (χ4v) is 3.93. The molecule has 2 N–H and O–H groups in total. The van der Waals surface area contributed by atoms with Crippen molar-refractivity contribution >= 4 is 30.2 Å². The lowest BCUT2D eigenvalue weighted by Crippen LogP contribution is -2.33.